The summed E-state index contributed by atoms with van der Waals surface area (Å²) in [5, 5.41) is 17.9. The topological polar surface area (TPSA) is 145 Å². The van der Waals surface area contributed by atoms with E-state index in [2.05, 4.69) is 15.0 Å². The first kappa shape index (κ1) is 14.2. The van der Waals surface area contributed by atoms with Crippen molar-refractivity contribution >= 4 is 17.6 Å². The highest BCUT2D eigenvalue weighted by Gasteiger charge is 2.38. The van der Waals surface area contributed by atoms with Gasteiger partial charge >= 0.3 is 5.97 Å². The molecular formula is C11H15N5O4. The molecule has 0 aliphatic carbocycles. The van der Waals surface area contributed by atoms with E-state index in [1.807, 2.05) is 0 Å². The van der Waals surface area contributed by atoms with Crippen LogP contribution in [0.1, 0.15) is 5.69 Å². The SMILES string of the molecule is NC(CO)C1N=C(Cc2cnc[nH]2)C(=O)N1CC(=O)O. The second-order valence-corrected chi connectivity index (χ2v) is 4.42. The molecule has 2 atom stereocenters. The van der Waals surface area contributed by atoms with Gasteiger partial charge in [0.2, 0.25) is 0 Å². The Morgan fingerprint density at radius 1 is 1.60 bits per heavy atom. The van der Waals surface area contributed by atoms with E-state index >= 15 is 0 Å². The zero-order valence-electron chi connectivity index (χ0n) is 10.6. The van der Waals surface area contributed by atoms with Crippen LogP contribution in [0.15, 0.2) is 17.5 Å². The van der Waals surface area contributed by atoms with Gasteiger partial charge in [0.1, 0.15) is 18.4 Å². The number of imidazole rings is 1. The van der Waals surface area contributed by atoms with Crippen LogP contribution in [-0.4, -0.2) is 68.0 Å². The lowest BCUT2D eigenvalue weighted by molar-refractivity contribution is -0.143. The molecule has 2 rings (SSSR count). The first-order valence-corrected chi connectivity index (χ1v) is 5.96. The number of aromatic nitrogens is 2. The summed E-state index contributed by atoms with van der Waals surface area (Å²) in [6.07, 6.45) is 2.38. The second kappa shape index (κ2) is 5.80. The van der Waals surface area contributed by atoms with Crippen molar-refractivity contribution < 1.29 is 19.8 Å². The number of hydrogen-bond donors (Lipinski definition) is 4. The third-order valence-corrected chi connectivity index (χ3v) is 2.93. The lowest BCUT2D eigenvalue weighted by Crippen LogP contribution is -2.50. The summed E-state index contributed by atoms with van der Waals surface area (Å²) < 4.78 is 0. The Kier molecular flexibility index (Phi) is 4.11. The van der Waals surface area contributed by atoms with Crippen molar-refractivity contribution in [2.24, 2.45) is 10.7 Å². The van der Waals surface area contributed by atoms with Gasteiger partial charge in [-0.1, -0.05) is 0 Å². The van der Waals surface area contributed by atoms with Crippen molar-refractivity contribution in [2.45, 2.75) is 18.6 Å². The monoisotopic (exact) mass is 281 g/mol. The number of hydrogen-bond acceptors (Lipinski definition) is 6. The predicted octanol–water partition coefficient (Wildman–Crippen LogP) is -2.03. The molecule has 0 saturated heterocycles. The molecule has 1 aliphatic rings. The van der Waals surface area contributed by atoms with Gasteiger partial charge in [0.15, 0.2) is 0 Å². The van der Waals surface area contributed by atoms with E-state index in [0.717, 1.165) is 4.90 Å². The second-order valence-electron chi connectivity index (χ2n) is 4.42. The Labute approximate surface area is 114 Å². The van der Waals surface area contributed by atoms with Gasteiger partial charge in [-0.2, -0.15) is 0 Å². The molecule has 1 amide bonds. The van der Waals surface area contributed by atoms with Gasteiger partial charge in [0.05, 0.1) is 19.0 Å². The summed E-state index contributed by atoms with van der Waals surface area (Å²) in [5.74, 6) is -1.65. The molecule has 9 heteroatoms. The number of carboxylic acids is 1. The number of aromatic amines is 1. The van der Waals surface area contributed by atoms with E-state index in [1.165, 1.54) is 6.33 Å². The summed E-state index contributed by atoms with van der Waals surface area (Å²) in [6, 6.07) is -0.822. The van der Waals surface area contributed by atoms with Crippen molar-refractivity contribution in [3.63, 3.8) is 0 Å². The number of aliphatic hydroxyl groups excluding tert-OH is 1. The fourth-order valence-corrected chi connectivity index (χ4v) is 1.99. The molecule has 1 aromatic heterocycles. The largest absolute Gasteiger partial charge is 0.480 e. The molecule has 108 valence electrons. The van der Waals surface area contributed by atoms with Gasteiger partial charge in [-0.25, -0.2) is 4.98 Å². The number of H-pyrrole nitrogens is 1. The Balaban J connectivity index is 2.19. The van der Waals surface area contributed by atoms with E-state index < -0.39 is 37.2 Å². The summed E-state index contributed by atoms with van der Waals surface area (Å²) in [6.45, 7) is -0.901. The highest BCUT2D eigenvalue weighted by atomic mass is 16.4. The van der Waals surface area contributed by atoms with Crippen molar-refractivity contribution in [3.05, 3.63) is 18.2 Å². The van der Waals surface area contributed by atoms with Gasteiger partial charge in [0.25, 0.3) is 5.91 Å². The number of nitrogens with zero attached hydrogens (tertiary/aromatic N) is 3. The molecule has 0 fully saturated rings. The van der Waals surface area contributed by atoms with Gasteiger partial charge in [-0.3, -0.25) is 14.6 Å². The lowest BCUT2D eigenvalue weighted by atomic mass is 10.2. The third-order valence-electron chi connectivity index (χ3n) is 2.93. The van der Waals surface area contributed by atoms with Crippen LogP contribution in [0.4, 0.5) is 0 Å². The molecule has 0 saturated carbocycles. The number of nitrogens with one attached hydrogen (secondary N) is 1. The average Bonchev–Trinajstić information content (AvgIpc) is 3.01. The summed E-state index contributed by atoms with van der Waals surface area (Å²) >= 11 is 0. The molecule has 1 aromatic rings. The zero-order valence-corrected chi connectivity index (χ0v) is 10.6. The van der Waals surface area contributed by atoms with Crippen LogP contribution in [0.25, 0.3) is 0 Å². The third kappa shape index (κ3) is 2.83. The first-order chi connectivity index (χ1) is 9.52. The van der Waals surface area contributed by atoms with E-state index in [0.29, 0.717) is 5.69 Å². The maximum atomic E-state index is 12.2. The normalized spacial score (nSPS) is 20.1. The van der Waals surface area contributed by atoms with Crippen LogP contribution >= 0.6 is 0 Å². The van der Waals surface area contributed by atoms with Crippen molar-refractivity contribution in [3.8, 4) is 0 Å². The zero-order chi connectivity index (χ0) is 14.7. The standard InChI is InChI=1S/C11H15N5O4/c12-7(4-17)10-15-8(1-6-2-13-5-14-6)11(20)16(10)3-9(18)19/h2,5,7,10,17H,1,3-4,12H2,(H,13,14)(H,18,19). The van der Waals surface area contributed by atoms with E-state index in [9.17, 15) is 9.59 Å². The maximum absolute atomic E-state index is 12.2. The highest BCUT2D eigenvalue weighted by molar-refractivity contribution is 6.40. The summed E-state index contributed by atoms with van der Waals surface area (Å²) in [7, 11) is 0. The minimum absolute atomic E-state index is 0.199. The van der Waals surface area contributed by atoms with Crippen LogP contribution in [0, 0.1) is 0 Å². The molecule has 1 aliphatic heterocycles. The number of amides is 1. The number of aliphatic hydroxyl groups is 1. The molecule has 2 unspecified atom stereocenters. The van der Waals surface area contributed by atoms with Crippen LogP contribution in [0.3, 0.4) is 0 Å². The maximum Gasteiger partial charge on any atom is 0.323 e. The molecule has 20 heavy (non-hydrogen) atoms. The minimum Gasteiger partial charge on any atom is -0.480 e. The van der Waals surface area contributed by atoms with Crippen molar-refractivity contribution in [1.82, 2.24) is 14.9 Å². The first-order valence-electron chi connectivity index (χ1n) is 5.96. The number of carbonyl (C=O) groups excluding carboxylic acids is 1. The Hall–Kier alpha value is -2.26. The Morgan fingerprint density at radius 3 is 2.90 bits per heavy atom. The van der Waals surface area contributed by atoms with Crippen LogP contribution < -0.4 is 5.73 Å². The number of carbonyl (C=O) groups is 2. The Morgan fingerprint density at radius 2 is 2.35 bits per heavy atom. The lowest BCUT2D eigenvalue weighted by Gasteiger charge is -2.25. The molecule has 0 radical (unpaired) electrons. The van der Waals surface area contributed by atoms with Gasteiger partial charge in [-0.05, 0) is 0 Å². The van der Waals surface area contributed by atoms with Gasteiger partial charge in [-0.15, -0.1) is 0 Å². The fourth-order valence-electron chi connectivity index (χ4n) is 1.99. The molecular weight excluding hydrogens is 266 g/mol. The number of rotatable bonds is 6. The summed E-state index contributed by atoms with van der Waals surface area (Å²) in [5.41, 5.74) is 6.56. The number of nitrogens with two attached hydrogens (primary N) is 1. The average molecular weight is 281 g/mol. The molecule has 0 aromatic carbocycles. The van der Waals surface area contributed by atoms with E-state index in [1.54, 1.807) is 6.20 Å². The van der Waals surface area contributed by atoms with Crippen LogP contribution in [-0.2, 0) is 16.0 Å². The number of aliphatic imine (C=N–C) groups is 1. The van der Waals surface area contributed by atoms with Gasteiger partial charge in [0, 0.05) is 18.3 Å². The predicted molar refractivity (Wildman–Crippen MR) is 67.9 cm³/mol. The Bertz CT molecular complexity index is 527. The smallest absolute Gasteiger partial charge is 0.323 e. The van der Waals surface area contributed by atoms with Gasteiger partial charge < -0.3 is 25.8 Å². The minimum atomic E-state index is -1.16. The molecule has 0 bridgehead atoms. The quantitative estimate of drug-likeness (QED) is 0.473. The number of carboxylic acid groups (broad SMARTS) is 1. The van der Waals surface area contributed by atoms with Crippen molar-refractivity contribution in [2.75, 3.05) is 13.2 Å². The molecule has 2 heterocycles. The van der Waals surface area contributed by atoms with Crippen LogP contribution in [0.2, 0.25) is 0 Å². The molecule has 0 spiro atoms. The fraction of sp³-hybridized carbons (Fsp3) is 0.455. The van der Waals surface area contributed by atoms with E-state index in [4.69, 9.17) is 15.9 Å². The summed E-state index contributed by atoms with van der Waals surface area (Å²) in [4.78, 5) is 34.8. The van der Waals surface area contributed by atoms with E-state index in [-0.39, 0.29) is 12.1 Å². The number of aliphatic carboxylic acids is 1. The molecule has 5 N–H and O–H groups in total. The molecule has 9 nitrogen and oxygen atoms in total. The van der Waals surface area contributed by atoms with Crippen molar-refractivity contribution in [1.29, 1.82) is 0 Å². The highest BCUT2D eigenvalue weighted by Crippen LogP contribution is 2.16. The van der Waals surface area contributed by atoms with Crippen LogP contribution in [0.5, 0.6) is 0 Å².